The van der Waals surface area contributed by atoms with Gasteiger partial charge in [0.2, 0.25) is 5.91 Å². The Balaban J connectivity index is 0.00000400. The molecule has 1 amide bonds. The van der Waals surface area contributed by atoms with Crippen LogP contribution in [0.3, 0.4) is 0 Å². The Morgan fingerprint density at radius 3 is 2.52 bits per heavy atom. The molecule has 0 aliphatic rings. The van der Waals surface area contributed by atoms with Crippen LogP contribution in [0.5, 0.6) is 0 Å². The highest BCUT2D eigenvalue weighted by Crippen LogP contribution is 1.97. The minimum atomic E-state index is -0.231. The molecule has 1 aromatic heterocycles. The van der Waals surface area contributed by atoms with Crippen molar-refractivity contribution in [1.29, 1.82) is 0 Å². The predicted molar refractivity (Wildman–Crippen MR) is 94.7 cm³/mol. The molecule has 3 N–H and O–H groups in total. The van der Waals surface area contributed by atoms with Crippen LogP contribution in [0.25, 0.3) is 0 Å². The number of carbonyl (C=O) groups is 1. The lowest BCUT2D eigenvalue weighted by Crippen LogP contribution is -2.48. The van der Waals surface area contributed by atoms with Gasteiger partial charge in [0.25, 0.3) is 0 Å². The van der Waals surface area contributed by atoms with Gasteiger partial charge >= 0.3 is 0 Å². The van der Waals surface area contributed by atoms with Crippen LogP contribution in [-0.2, 0) is 18.4 Å². The normalized spacial score (nSPS) is 11.6. The fraction of sp³-hybridized carbons (Fsp3) is 0.615. The summed E-state index contributed by atoms with van der Waals surface area (Å²) < 4.78 is 1.74. The molecule has 0 unspecified atom stereocenters. The predicted octanol–water partition coefficient (Wildman–Crippen LogP) is 0.618. The molecule has 1 rings (SSSR count). The lowest BCUT2D eigenvalue weighted by Gasteiger charge is -2.21. The summed E-state index contributed by atoms with van der Waals surface area (Å²) in [5, 5.41) is 13.1. The number of halogens is 1. The van der Waals surface area contributed by atoms with Crippen molar-refractivity contribution in [1.82, 2.24) is 25.7 Å². The summed E-state index contributed by atoms with van der Waals surface area (Å²) in [6.45, 7) is 6.62. The van der Waals surface area contributed by atoms with E-state index >= 15 is 0 Å². The molecule has 120 valence electrons. The number of aliphatic imine (C=N–C) groups is 1. The van der Waals surface area contributed by atoms with Crippen LogP contribution < -0.4 is 16.0 Å². The third kappa shape index (κ3) is 8.53. The molecule has 0 aromatic carbocycles. The van der Waals surface area contributed by atoms with E-state index in [1.54, 1.807) is 17.9 Å². The van der Waals surface area contributed by atoms with Crippen molar-refractivity contribution in [3.63, 3.8) is 0 Å². The molecule has 0 bridgehead atoms. The number of amides is 1. The Morgan fingerprint density at radius 1 is 1.38 bits per heavy atom. The topological polar surface area (TPSA) is 83.3 Å². The summed E-state index contributed by atoms with van der Waals surface area (Å²) in [4.78, 5) is 15.8. The number of guanidine groups is 1. The first-order chi connectivity index (χ1) is 9.30. The number of carbonyl (C=O) groups excluding carboxylic acids is 1. The highest BCUT2D eigenvalue weighted by Gasteiger charge is 2.13. The van der Waals surface area contributed by atoms with Gasteiger partial charge in [0.15, 0.2) is 5.96 Å². The van der Waals surface area contributed by atoms with Gasteiger partial charge in [-0.15, -0.1) is 24.0 Å². The lowest BCUT2D eigenvalue weighted by atomic mass is 10.1. The van der Waals surface area contributed by atoms with Gasteiger partial charge in [0, 0.05) is 37.9 Å². The van der Waals surface area contributed by atoms with Crippen molar-refractivity contribution in [2.24, 2.45) is 12.0 Å². The zero-order valence-electron chi connectivity index (χ0n) is 13.2. The summed E-state index contributed by atoms with van der Waals surface area (Å²) in [7, 11) is 3.54. The van der Waals surface area contributed by atoms with Crippen molar-refractivity contribution < 1.29 is 4.79 Å². The molecule has 0 saturated carbocycles. The van der Waals surface area contributed by atoms with E-state index in [9.17, 15) is 4.79 Å². The van der Waals surface area contributed by atoms with Gasteiger partial charge in [-0.05, 0) is 20.8 Å². The van der Waals surface area contributed by atoms with Crippen molar-refractivity contribution in [2.75, 3.05) is 13.6 Å². The van der Waals surface area contributed by atoms with Crippen LogP contribution >= 0.6 is 24.0 Å². The van der Waals surface area contributed by atoms with E-state index in [4.69, 9.17) is 0 Å². The number of aromatic nitrogens is 2. The van der Waals surface area contributed by atoms with Gasteiger partial charge in [0.1, 0.15) is 0 Å². The number of nitrogens with zero attached hydrogens (tertiary/aromatic N) is 3. The van der Waals surface area contributed by atoms with E-state index in [2.05, 4.69) is 26.0 Å². The molecule has 0 spiro atoms. The van der Waals surface area contributed by atoms with Crippen LogP contribution in [0.15, 0.2) is 17.4 Å². The molecule has 0 saturated heterocycles. The molecule has 1 heterocycles. The van der Waals surface area contributed by atoms with Crippen LogP contribution in [0.2, 0.25) is 0 Å². The maximum absolute atomic E-state index is 11.7. The molecule has 21 heavy (non-hydrogen) atoms. The second kappa shape index (κ2) is 8.85. The van der Waals surface area contributed by atoms with E-state index in [0.717, 1.165) is 5.56 Å². The van der Waals surface area contributed by atoms with Crippen molar-refractivity contribution >= 4 is 35.8 Å². The van der Waals surface area contributed by atoms with Crippen LogP contribution in [-0.4, -0.2) is 40.8 Å². The molecule has 0 aliphatic heterocycles. The molecule has 0 fully saturated rings. The smallest absolute Gasteiger partial charge is 0.239 e. The van der Waals surface area contributed by atoms with Crippen LogP contribution in [0.1, 0.15) is 26.3 Å². The molecule has 8 heteroatoms. The fourth-order valence-electron chi connectivity index (χ4n) is 1.60. The number of hydrogen-bond acceptors (Lipinski definition) is 3. The third-order valence-electron chi connectivity index (χ3n) is 2.37. The number of hydrogen-bond donors (Lipinski definition) is 3. The SMILES string of the molecule is CN=C(NCC(=O)NC(C)(C)C)NCc1cnn(C)c1.I. The first kappa shape index (κ1) is 19.7. The van der Waals surface area contributed by atoms with Crippen LogP contribution in [0, 0.1) is 0 Å². The monoisotopic (exact) mass is 408 g/mol. The summed E-state index contributed by atoms with van der Waals surface area (Å²) >= 11 is 0. The van der Waals surface area contributed by atoms with E-state index in [-0.39, 0.29) is 42.0 Å². The number of aryl methyl sites for hydroxylation is 1. The minimum absolute atomic E-state index is 0. The fourth-order valence-corrected chi connectivity index (χ4v) is 1.60. The van der Waals surface area contributed by atoms with Gasteiger partial charge in [-0.1, -0.05) is 0 Å². The van der Waals surface area contributed by atoms with E-state index < -0.39 is 0 Å². The quantitative estimate of drug-likeness (QED) is 0.388. The second-order valence-electron chi connectivity index (χ2n) is 5.60. The summed E-state index contributed by atoms with van der Waals surface area (Å²) in [6, 6.07) is 0. The highest BCUT2D eigenvalue weighted by molar-refractivity contribution is 14.0. The summed E-state index contributed by atoms with van der Waals surface area (Å²) in [5.74, 6) is 0.514. The third-order valence-corrected chi connectivity index (χ3v) is 2.37. The lowest BCUT2D eigenvalue weighted by molar-refractivity contribution is -0.121. The molecule has 0 aliphatic carbocycles. The van der Waals surface area contributed by atoms with Gasteiger partial charge in [-0.2, -0.15) is 5.10 Å². The Hall–Kier alpha value is -1.32. The molecular formula is C13H25IN6O. The Labute approximate surface area is 143 Å². The van der Waals surface area contributed by atoms with Crippen molar-refractivity contribution in [2.45, 2.75) is 32.9 Å². The molecule has 7 nitrogen and oxygen atoms in total. The zero-order chi connectivity index (χ0) is 15.2. The maximum atomic E-state index is 11.7. The highest BCUT2D eigenvalue weighted by atomic mass is 127. The largest absolute Gasteiger partial charge is 0.352 e. The standard InChI is InChI=1S/C13H24N6O.HI/c1-13(2,3)18-11(20)8-16-12(14-4)15-6-10-7-17-19(5)9-10;/h7,9H,6,8H2,1-5H3,(H,18,20)(H2,14,15,16);1H. The average Bonchev–Trinajstić information content (AvgIpc) is 2.73. The summed E-state index contributed by atoms with van der Waals surface area (Å²) in [5.41, 5.74) is 0.820. The molecule has 1 aromatic rings. The average molecular weight is 408 g/mol. The van der Waals surface area contributed by atoms with Gasteiger partial charge < -0.3 is 16.0 Å². The Bertz CT molecular complexity index is 477. The Kier molecular flexibility index (Phi) is 8.30. The van der Waals surface area contributed by atoms with Gasteiger partial charge in [-0.25, -0.2) is 0 Å². The van der Waals surface area contributed by atoms with Crippen LogP contribution in [0.4, 0.5) is 0 Å². The first-order valence-electron chi connectivity index (χ1n) is 6.53. The molecule has 0 radical (unpaired) electrons. The number of rotatable bonds is 4. The maximum Gasteiger partial charge on any atom is 0.239 e. The van der Waals surface area contributed by atoms with Gasteiger partial charge in [0.05, 0.1) is 12.7 Å². The first-order valence-corrected chi connectivity index (χ1v) is 6.53. The zero-order valence-corrected chi connectivity index (χ0v) is 15.6. The van der Waals surface area contributed by atoms with E-state index in [1.165, 1.54) is 0 Å². The van der Waals surface area contributed by atoms with E-state index in [1.807, 2.05) is 34.0 Å². The minimum Gasteiger partial charge on any atom is -0.352 e. The Morgan fingerprint density at radius 2 is 2.05 bits per heavy atom. The number of nitrogens with one attached hydrogen (secondary N) is 3. The molecular weight excluding hydrogens is 383 g/mol. The van der Waals surface area contributed by atoms with Crippen molar-refractivity contribution in [3.05, 3.63) is 18.0 Å². The summed E-state index contributed by atoms with van der Waals surface area (Å²) in [6.07, 6.45) is 3.71. The molecule has 0 atom stereocenters. The second-order valence-corrected chi connectivity index (χ2v) is 5.60. The van der Waals surface area contributed by atoms with Gasteiger partial charge in [-0.3, -0.25) is 14.5 Å². The van der Waals surface area contributed by atoms with E-state index in [0.29, 0.717) is 12.5 Å². The van der Waals surface area contributed by atoms with Crippen molar-refractivity contribution in [3.8, 4) is 0 Å².